The summed E-state index contributed by atoms with van der Waals surface area (Å²) in [6, 6.07) is 14.8. The second kappa shape index (κ2) is 8.94. The van der Waals surface area contributed by atoms with Gasteiger partial charge in [0.25, 0.3) is 0 Å². The minimum absolute atomic E-state index is 0.00251. The van der Waals surface area contributed by atoms with Gasteiger partial charge < -0.3 is 24.1 Å². The predicted molar refractivity (Wildman–Crippen MR) is 126 cm³/mol. The molecule has 0 bridgehead atoms. The number of nitrogens with one attached hydrogen (secondary N) is 1. The van der Waals surface area contributed by atoms with E-state index in [2.05, 4.69) is 5.32 Å². The summed E-state index contributed by atoms with van der Waals surface area (Å²) in [7, 11) is 1.51. The Bertz CT molecular complexity index is 1510. The largest absolute Gasteiger partial charge is 0.497 e. The maximum atomic E-state index is 13.3. The number of fused-ring (bicyclic) bond motifs is 2. The van der Waals surface area contributed by atoms with E-state index in [0.29, 0.717) is 34.0 Å². The van der Waals surface area contributed by atoms with Crippen molar-refractivity contribution in [2.24, 2.45) is 0 Å². The lowest BCUT2D eigenvalue weighted by molar-refractivity contribution is -0.116. The van der Waals surface area contributed by atoms with Crippen LogP contribution in [0.15, 0.2) is 71.7 Å². The molecule has 0 aliphatic carbocycles. The van der Waals surface area contributed by atoms with Gasteiger partial charge in [0, 0.05) is 23.5 Å². The second-order valence-corrected chi connectivity index (χ2v) is 7.84. The van der Waals surface area contributed by atoms with Crippen LogP contribution in [0.1, 0.15) is 15.9 Å². The first-order valence-corrected chi connectivity index (χ1v) is 10.6. The molecular weight excluding hydrogens is 455 g/mol. The minimum Gasteiger partial charge on any atom is -0.497 e. The molecule has 2 heterocycles. The van der Waals surface area contributed by atoms with Crippen molar-refractivity contribution in [1.82, 2.24) is 4.57 Å². The summed E-state index contributed by atoms with van der Waals surface area (Å²) in [5.74, 6) is 0.0339. The predicted octanol–water partition coefficient (Wildman–Crippen LogP) is 3.75. The summed E-state index contributed by atoms with van der Waals surface area (Å²) in [6.45, 7) is -0.209. The first kappa shape index (κ1) is 22.1. The van der Waals surface area contributed by atoms with Crippen LogP contribution in [0.5, 0.6) is 17.2 Å². The van der Waals surface area contributed by atoms with Crippen LogP contribution in [0.3, 0.4) is 0 Å². The average molecular weight is 474 g/mol. The zero-order chi connectivity index (χ0) is 24.5. The van der Waals surface area contributed by atoms with Gasteiger partial charge in [0.2, 0.25) is 18.1 Å². The molecule has 0 radical (unpaired) electrons. The SMILES string of the molecule is COc1ccc(C(=O)c2cn(CC(=O)Nc3ccc(F)cc3)c3cc4c(cc3c2=O)OCO4)cc1. The number of ketones is 1. The van der Waals surface area contributed by atoms with Crippen LogP contribution in [-0.2, 0) is 11.3 Å². The lowest BCUT2D eigenvalue weighted by atomic mass is 10.0. The lowest BCUT2D eigenvalue weighted by Gasteiger charge is -2.14. The van der Waals surface area contributed by atoms with Crippen LogP contribution < -0.4 is 25.0 Å². The van der Waals surface area contributed by atoms with E-state index in [0.717, 1.165) is 0 Å². The first-order chi connectivity index (χ1) is 16.9. The molecule has 0 atom stereocenters. The molecule has 0 fully saturated rings. The van der Waals surface area contributed by atoms with Crippen LogP contribution in [-0.4, -0.2) is 30.2 Å². The Morgan fingerprint density at radius 1 is 1.03 bits per heavy atom. The molecule has 5 rings (SSSR count). The number of amides is 1. The molecule has 3 aromatic carbocycles. The summed E-state index contributed by atoms with van der Waals surface area (Å²) in [5, 5.41) is 2.89. The molecule has 1 aliphatic heterocycles. The van der Waals surface area contributed by atoms with Gasteiger partial charge in [0.1, 0.15) is 18.1 Å². The van der Waals surface area contributed by atoms with Crippen molar-refractivity contribution in [2.75, 3.05) is 19.2 Å². The lowest BCUT2D eigenvalue weighted by Crippen LogP contribution is -2.24. The number of benzene rings is 3. The van der Waals surface area contributed by atoms with Crippen LogP contribution in [0.2, 0.25) is 0 Å². The molecule has 0 saturated carbocycles. The summed E-state index contributed by atoms with van der Waals surface area (Å²) in [4.78, 5) is 39.4. The molecule has 1 N–H and O–H groups in total. The van der Waals surface area contributed by atoms with Crippen molar-refractivity contribution in [3.8, 4) is 17.2 Å². The number of rotatable bonds is 6. The van der Waals surface area contributed by atoms with Crippen molar-refractivity contribution in [2.45, 2.75) is 6.54 Å². The summed E-state index contributed by atoms with van der Waals surface area (Å²) in [5.41, 5.74) is 0.518. The monoisotopic (exact) mass is 474 g/mol. The molecule has 4 aromatic rings. The van der Waals surface area contributed by atoms with E-state index in [1.165, 1.54) is 48.2 Å². The maximum absolute atomic E-state index is 13.3. The van der Waals surface area contributed by atoms with Crippen LogP contribution >= 0.6 is 0 Å². The molecule has 1 aromatic heterocycles. The van der Waals surface area contributed by atoms with Crippen molar-refractivity contribution in [3.63, 3.8) is 0 Å². The summed E-state index contributed by atoms with van der Waals surface area (Å²) in [6.07, 6.45) is 1.36. The minimum atomic E-state index is -0.495. The van der Waals surface area contributed by atoms with Crippen molar-refractivity contribution in [1.29, 1.82) is 0 Å². The zero-order valence-corrected chi connectivity index (χ0v) is 18.5. The molecule has 9 heteroatoms. The Hall–Kier alpha value is -4.66. The third-order valence-electron chi connectivity index (χ3n) is 5.61. The van der Waals surface area contributed by atoms with Crippen molar-refractivity contribution >= 4 is 28.3 Å². The number of hydrogen-bond acceptors (Lipinski definition) is 6. The third kappa shape index (κ3) is 4.31. The van der Waals surface area contributed by atoms with E-state index >= 15 is 0 Å². The highest BCUT2D eigenvalue weighted by Crippen LogP contribution is 2.35. The molecule has 0 saturated heterocycles. The Labute approximate surface area is 198 Å². The van der Waals surface area contributed by atoms with Gasteiger partial charge in [-0.3, -0.25) is 14.4 Å². The van der Waals surface area contributed by atoms with Gasteiger partial charge in [-0.25, -0.2) is 4.39 Å². The fraction of sp³-hybridized carbons (Fsp3) is 0.115. The summed E-state index contributed by atoms with van der Waals surface area (Å²) >= 11 is 0. The number of anilines is 1. The third-order valence-corrected chi connectivity index (χ3v) is 5.61. The van der Waals surface area contributed by atoms with E-state index in [4.69, 9.17) is 14.2 Å². The van der Waals surface area contributed by atoms with E-state index in [9.17, 15) is 18.8 Å². The standard InChI is InChI=1S/C26H19FN2O6/c1-33-18-8-2-15(3-9-18)25(31)20-12-29(13-24(30)28-17-6-4-16(27)5-7-17)21-11-23-22(34-14-35-23)10-19(21)26(20)32/h2-12H,13-14H2,1H3,(H,28,30). The number of aromatic nitrogens is 1. The highest BCUT2D eigenvalue weighted by atomic mass is 19.1. The van der Waals surface area contributed by atoms with Gasteiger partial charge in [-0.2, -0.15) is 0 Å². The Kier molecular flexibility index (Phi) is 5.66. The molecular formula is C26H19FN2O6. The molecule has 0 unspecified atom stereocenters. The molecule has 1 aliphatic rings. The van der Waals surface area contributed by atoms with Crippen molar-refractivity contribution < 1.29 is 28.2 Å². The van der Waals surface area contributed by atoms with E-state index in [1.807, 2.05) is 0 Å². The Balaban J connectivity index is 1.57. The summed E-state index contributed by atoms with van der Waals surface area (Å²) < 4.78 is 30.7. The van der Waals surface area contributed by atoms with E-state index < -0.39 is 22.9 Å². The van der Waals surface area contributed by atoms with Gasteiger partial charge in [0.15, 0.2) is 17.3 Å². The normalized spacial score (nSPS) is 11.9. The van der Waals surface area contributed by atoms with Crippen molar-refractivity contribution in [3.05, 3.63) is 94.0 Å². The molecule has 0 spiro atoms. The zero-order valence-electron chi connectivity index (χ0n) is 18.5. The van der Waals surface area contributed by atoms with Gasteiger partial charge in [-0.05, 0) is 54.6 Å². The van der Waals surface area contributed by atoms with Gasteiger partial charge in [-0.1, -0.05) is 0 Å². The number of carbonyl (C=O) groups is 2. The molecule has 176 valence electrons. The number of ether oxygens (including phenoxy) is 3. The first-order valence-electron chi connectivity index (χ1n) is 10.6. The number of halogens is 1. The van der Waals surface area contributed by atoms with Gasteiger partial charge in [-0.15, -0.1) is 0 Å². The maximum Gasteiger partial charge on any atom is 0.244 e. The van der Waals surface area contributed by atoms with Crippen LogP contribution in [0.4, 0.5) is 10.1 Å². The number of hydrogen-bond donors (Lipinski definition) is 1. The van der Waals surface area contributed by atoms with Gasteiger partial charge >= 0.3 is 0 Å². The Morgan fingerprint density at radius 2 is 1.71 bits per heavy atom. The Morgan fingerprint density at radius 3 is 2.40 bits per heavy atom. The highest BCUT2D eigenvalue weighted by molar-refractivity contribution is 6.10. The smallest absolute Gasteiger partial charge is 0.244 e. The van der Waals surface area contributed by atoms with E-state index in [-0.39, 0.29) is 24.3 Å². The molecule has 1 amide bonds. The fourth-order valence-corrected chi connectivity index (χ4v) is 3.86. The average Bonchev–Trinajstić information content (AvgIpc) is 3.33. The molecule has 8 nitrogen and oxygen atoms in total. The second-order valence-electron chi connectivity index (χ2n) is 7.84. The fourth-order valence-electron chi connectivity index (χ4n) is 3.86. The van der Waals surface area contributed by atoms with Crippen LogP contribution in [0, 0.1) is 5.82 Å². The number of carbonyl (C=O) groups excluding carboxylic acids is 2. The molecule has 35 heavy (non-hydrogen) atoms. The van der Waals surface area contributed by atoms with Crippen LogP contribution in [0.25, 0.3) is 10.9 Å². The quantitative estimate of drug-likeness (QED) is 0.428. The topological polar surface area (TPSA) is 95.9 Å². The number of pyridine rings is 1. The highest BCUT2D eigenvalue weighted by Gasteiger charge is 2.22. The van der Waals surface area contributed by atoms with Gasteiger partial charge in [0.05, 0.1) is 23.6 Å². The number of methoxy groups -OCH3 is 1. The number of nitrogens with zero attached hydrogens (tertiary/aromatic N) is 1. The van der Waals surface area contributed by atoms with E-state index in [1.54, 1.807) is 30.3 Å².